The minimum absolute atomic E-state index is 0.209. The number of nitrogens with zero attached hydrogens (tertiary/aromatic N) is 1. The molecule has 0 saturated heterocycles. The number of hydrogen-bond acceptors (Lipinski definition) is 3. The van der Waals surface area contributed by atoms with Gasteiger partial charge in [-0.05, 0) is 32.8 Å². The number of carbonyl (C=O) groups excluding carboxylic acids is 1. The van der Waals surface area contributed by atoms with Crippen LogP contribution in [0.2, 0.25) is 0 Å². The first-order valence-corrected chi connectivity index (χ1v) is 7.01. The van der Waals surface area contributed by atoms with E-state index in [-0.39, 0.29) is 6.54 Å². The lowest BCUT2D eigenvalue weighted by molar-refractivity contribution is -0.143. The van der Waals surface area contributed by atoms with Crippen LogP contribution in [0, 0.1) is 0 Å². The summed E-state index contributed by atoms with van der Waals surface area (Å²) >= 11 is 0. The van der Waals surface area contributed by atoms with Crippen LogP contribution in [0.4, 0.5) is 4.79 Å². The van der Waals surface area contributed by atoms with Gasteiger partial charge in [0, 0.05) is 6.54 Å². The highest BCUT2D eigenvalue weighted by Crippen LogP contribution is 2.17. The summed E-state index contributed by atoms with van der Waals surface area (Å²) in [6, 6.07) is 8.38. The molecule has 1 unspecified atom stereocenters. The highest BCUT2D eigenvalue weighted by Gasteiger charge is 2.31. The highest BCUT2D eigenvalue weighted by molar-refractivity contribution is 5.80. The van der Waals surface area contributed by atoms with Gasteiger partial charge in [0.15, 0.2) is 0 Å². The van der Waals surface area contributed by atoms with E-state index >= 15 is 0 Å². The predicted octanol–water partition coefficient (Wildman–Crippen LogP) is 3.29. The SMILES string of the molecule is CCC(C(=O)O)N(Cc1ccccc1)C(=O)OC(C)(C)C. The number of hydrogen-bond donors (Lipinski definition) is 1. The van der Waals surface area contributed by atoms with E-state index in [2.05, 4.69) is 0 Å². The zero-order chi connectivity index (χ0) is 16.0. The molecule has 0 aromatic heterocycles. The molecule has 0 aliphatic carbocycles. The van der Waals surface area contributed by atoms with Crippen molar-refractivity contribution in [1.29, 1.82) is 0 Å². The Hall–Kier alpha value is -2.04. The van der Waals surface area contributed by atoms with Gasteiger partial charge in [0.05, 0.1) is 0 Å². The minimum Gasteiger partial charge on any atom is -0.480 e. The Bertz CT molecular complexity index is 479. The average molecular weight is 293 g/mol. The lowest BCUT2D eigenvalue weighted by atomic mass is 10.1. The Balaban J connectivity index is 2.99. The molecule has 0 aliphatic rings. The molecule has 1 aromatic rings. The standard InChI is InChI=1S/C16H23NO4/c1-5-13(14(18)19)17(15(20)21-16(2,3)4)11-12-9-7-6-8-10-12/h6-10,13H,5,11H2,1-4H3,(H,18,19). The number of amides is 1. The van der Waals surface area contributed by atoms with Gasteiger partial charge in [-0.3, -0.25) is 4.90 Å². The van der Waals surface area contributed by atoms with Crippen molar-refractivity contribution >= 4 is 12.1 Å². The van der Waals surface area contributed by atoms with Gasteiger partial charge < -0.3 is 9.84 Å². The van der Waals surface area contributed by atoms with Crippen molar-refractivity contribution in [2.24, 2.45) is 0 Å². The summed E-state index contributed by atoms with van der Waals surface area (Å²) < 4.78 is 5.33. The summed E-state index contributed by atoms with van der Waals surface area (Å²) in [5.74, 6) is -1.03. The van der Waals surface area contributed by atoms with Crippen molar-refractivity contribution < 1.29 is 19.4 Å². The van der Waals surface area contributed by atoms with Crippen molar-refractivity contribution in [2.45, 2.75) is 52.3 Å². The molecule has 5 nitrogen and oxygen atoms in total. The first-order chi connectivity index (χ1) is 9.74. The first-order valence-electron chi connectivity index (χ1n) is 7.01. The molecule has 1 atom stereocenters. The summed E-state index contributed by atoms with van der Waals surface area (Å²) in [4.78, 5) is 25.0. The van der Waals surface area contributed by atoms with Crippen molar-refractivity contribution in [3.8, 4) is 0 Å². The van der Waals surface area contributed by atoms with Crippen LogP contribution in [-0.2, 0) is 16.1 Å². The molecule has 116 valence electrons. The third-order valence-corrected chi connectivity index (χ3v) is 2.87. The Labute approximate surface area is 125 Å². The topological polar surface area (TPSA) is 66.8 Å². The zero-order valence-electron chi connectivity index (χ0n) is 13.0. The van der Waals surface area contributed by atoms with Gasteiger partial charge in [-0.15, -0.1) is 0 Å². The number of ether oxygens (including phenoxy) is 1. The van der Waals surface area contributed by atoms with Crippen molar-refractivity contribution in [2.75, 3.05) is 0 Å². The van der Waals surface area contributed by atoms with E-state index in [1.165, 1.54) is 4.90 Å². The van der Waals surface area contributed by atoms with Crippen LogP contribution in [0.1, 0.15) is 39.7 Å². The predicted molar refractivity (Wildman–Crippen MR) is 79.9 cm³/mol. The summed E-state index contributed by atoms with van der Waals surface area (Å²) in [6.45, 7) is 7.22. The van der Waals surface area contributed by atoms with Gasteiger partial charge in [0.2, 0.25) is 0 Å². The smallest absolute Gasteiger partial charge is 0.411 e. The van der Waals surface area contributed by atoms with E-state index in [1.54, 1.807) is 27.7 Å². The molecule has 1 aromatic carbocycles. The number of aliphatic carboxylic acids is 1. The fourth-order valence-electron chi connectivity index (χ4n) is 1.93. The monoisotopic (exact) mass is 293 g/mol. The minimum atomic E-state index is -1.03. The van der Waals surface area contributed by atoms with Crippen LogP contribution in [0.5, 0.6) is 0 Å². The maximum Gasteiger partial charge on any atom is 0.411 e. The molecule has 1 N–H and O–H groups in total. The molecule has 21 heavy (non-hydrogen) atoms. The highest BCUT2D eigenvalue weighted by atomic mass is 16.6. The Kier molecular flexibility index (Phi) is 5.76. The van der Waals surface area contributed by atoms with E-state index in [0.29, 0.717) is 6.42 Å². The molecule has 1 amide bonds. The molecule has 0 spiro atoms. The lowest BCUT2D eigenvalue weighted by Gasteiger charge is -2.31. The second kappa shape index (κ2) is 7.11. The van der Waals surface area contributed by atoms with E-state index in [9.17, 15) is 14.7 Å². The number of rotatable bonds is 5. The maximum absolute atomic E-state index is 12.3. The van der Waals surface area contributed by atoms with Crippen LogP contribution in [0.15, 0.2) is 30.3 Å². The Morgan fingerprint density at radius 2 is 1.81 bits per heavy atom. The lowest BCUT2D eigenvalue weighted by Crippen LogP contribution is -2.46. The Morgan fingerprint density at radius 1 is 1.24 bits per heavy atom. The molecular weight excluding hydrogens is 270 g/mol. The second-order valence-corrected chi connectivity index (χ2v) is 5.86. The van der Waals surface area contributed by atoms with Crippen molar-refractivity contribution in [3.05, 3.63) is 35.9 Å². The number of carboxylic acids is 1. The van der Waals surface area contributed by atoms with Crippen LogP contribution in [0.25, 0.3) is 0 Å². The zero-order valence-corrected chi connectivity index (χ0v) is 13.0. The molecule has 0 saturated carbocycles. The quantitative estimate of drug-likeness (QED) is 0.904. The molecule has 0 bridgehead atoms. The number of carboxylic acid groups (broad SMARTS) is 1. The number of benzene rings is 1. The van der Waals surface area contributed by atoms with Gasteiger partial charge >= 0.3 is 12.1 Å². The molecule has 0 heterocycles. The largest absolute Gasteiger partial charge is 0.480 e. The molecule has 0 radical (unpaired) electrons. The molecular formula is C16H23NO4. The van der Waals surface area contributed by atoms with Crippen LogP contribution in [-0.4, -0.2) is 33.7 Å². The third-order valence-electron chi connectivity index (χ3n) is 2.87. The molecule has 0 fully saturated rings. The molecule has 5 heteroatoms. The fourth-order valence-corrected chi connectivity index (χ4v) is 1.93. The fraction of sp³-hybridized carbons (Fsp3) is 0.500. The molecule has 0 aliphatic heterocycles. The van der Waals surface area contributed by atoms with E-state index in [0.717, 1.165) is 5.56 Å². The third kappa shape index (κ3) is 5.45. The summed E-state index contributed by atoms with van der Waals surface area (Å²) in [7, 11) is 0. The van der Waals surface area contributed by atoms with Gasteiger partial charge in [0.25, 0.3) is 0 Å². The molecule has 1 rings (SSSR count). The second-order valence-electron chi connectivity index (χ2n) is 5.86. The van der Waals surface area contributed by atoms with Gasteiger partial charge in [-0.1, -0.05) is 37.3 Å². The van der Waals surface area contributed by atoms with Crippen molar-refractivity contribution in [3.63, 3.8) is 0 Å². The maximum atomic E-state index is 12.3. The van der Waals surface area contributed by atoms with Crippen LogP contribution < -0.4 is 0 Å². The van der Waals surface area contributed by atoms with Crippen molar-refractivity contribution in [1.82, 2.24) is 4.90 Å². The van der Waals surface area contributed by atoms with Crippen LogP contribution in [0.3, 0.4) is 0 Å². The van der Waals surface area contributed by atoms with E-state index in [1.807, 2.05) is 30.3 Å². The van der Waals surface area contributed by atoms with Gasteiger partial charge in [-0.2, -0.15) is 0 Å². The first kappa shape index (κ1) is 17.0. The van der Waals surface area contributed by atoms with Crippen LogP contribution >= 0.6 is 0 Å². The van der Waals surface area contributed by atoms with Gasteiger partial charge in [0.1, 0.15) is 11.6 Å². The summed E-state index contributed by atoms with van der Waals surface area (Å²) in [5.41, 5.74) is 0.200. The summed E-state index contributed by atoms with van der Waals surface area (Å²) in [5, 5.41) is 9.32. The average Bonchev–Trinajstić information content (AvgIpc) is 2.37. The Morgan fingerprint density at radius 3 is 2.24 bits per heavy atom. The van der Waals surface area contributed by atoms with Gasteiger partial charge in [-0.25, -0.2) is 9.59 Å². The summed E-state index contributed by atoms with van der Waals surface area (Å²) in [6.07, 6.45) is -0.290. The normalized spacial score (nSPS) is 12.6. The number of carbonyl (C=O) groups is 2. The van der Waals surface area contributed by atoms with E-state index < -0.39 is 23.7 Å². The van der Waals surface area contributed by atoms with E-state index in [4.69, 9.17) is 4.74 Å².